The Labute approximate surface area is 254 Å². The Morgan fingerprint density at radius 1 is 0.841 bits per heavy atom. The fourth-order valence-corrected chi connectivity index (χ4v) is 6.71. The van der Waals surface area contributed by atoms with Crippen LogP contribution in [0.4, 0.5) is 16.4 Å². The quantitative estimate of drug-likeness (QED) is 0.294. The summed E-state index contributed by atoms with van der Waals surface area (Å²) >= 11 is 0. The number of carbonyl (C=O) groups is 1. The normalized spacial score (nSPS) is 20.2. The van der Waals surface area contributed by atoms with Gasteiger partial charge in [0.15, 0.2) is 0 Å². The van der Waals surface area contributed by atoms with E-state index in [1.807, 2.05) is 88.5 Å². The maximum atomic E-state index is 13.6. The summed E-state index contributed by atoms with van der Waals surface area (Å²) in [7, 11) is 0. The van der Waals surface area contributed by atoms with E-state index in [0.29, 0.717) is 25.6 Å². The summed E-state index contributed by atoms with van der Waals surface area (Å²) in [4.78, 5) is 39.4. The number of carbonyl (C=O) groups excluding carboxylic acids is 1. The van der Waals surface area contributed by atoms with E-state index in [1.165, 1.54) is 0 Å². The van der Waals surface area contributed by atoms with Crippen molar-refractivity contribution in [2.24, 2.45) is 0 Å². The molecule has 2 aliphatic rings. The van der Waals surface area contributed by atoms with Gasteiger partial charge in [-0.3, -0.25) is 14.5 Å². The first kappa shape index (κ1) is 26.3. The molecule has 2 saturated heterocycles. The molecule has 0 radical (unpaired) electrons. The molecule has 0 aliphatic carbocycles. The fourth-order valence-electron chi connectivity index (χ4n) is 6.71. The second-order valence-electron chi connectivity index (χ2n) is 11.3. The molecule has 8 rings (SSSR count). The molecule has 2 fully saturated rings. The van der Waals surface area contributed by atoms with Crippen molar-refractivity contribution in [2.45, 2.75) is 25.2 Å². The number of amides is 2. The summed E-state index contributed by atoms with van der Waals surface area (Å²) in [6.07, 6.45) is 5.26. The summed E-state index contributed by atoms with van der Waals surface area (Å²) in [5, 5.41) is 5.31. The Morgan fingerprint density at radius 2 is 1.68 bits per heavy atom. The first-order valence-electron chi connectivity index (χ1n) is 14.9. The summed E-state index contributed by atoms with van der Waals surface area (Å²) in [5.74, 6) is 1.36. The predicted octanol–water partition coefficient (Wildman–Crippen LogP) is 5.49. The van der Waals surface area contributed by atoms with Crippen molar-refractivity contribution in [1.29, 1.82) is 0 Å². The van der Waals surface area contributed by atoms with Gasteiger partial charge in [-0.05, 0) is 48.7 Å². The van der Waals surface area contributed by atoms with Crippen molar-refractivity contribution in [3.05, 3.63) is 115 Å². The number of benzene rings is 3. The van der Waals surface area contributed by atoms with Crippen LogP contribution in [-0.2, 0) is 0 Å². The van der Waals surface area contributed by atoms with Crippen LogP contribution in [0.1, 0.15) is 18.8 Å². The molecule has 3 unspecified atom stereocenters. The van der Waals surface area contributed by atoms with Crippen LogP contribution in [0.3, 0.4) is 0 Å². The number of urea groups is 1. The van der Waals surface area contributed by atoms with Crippen molar-refractivity contribution in [2.75, 3.05) is 29.9 Å². The van der Waals surface area contributed by atoms with Crippen molar-refractivity contribution in [3.63, 3.8) is 0 Å². The number of hydrogen-bond donors (Lipinski definition) is 1. The largest absolute Gasteiger partial charge is 0.322 e. The SMILES string of the molecule is CC1C2CN(C(=O)Nc3cccc4ccccc34)CCN2C(c2ccccn2)N1c1nccc(-n2cnc3ccccc32)n1. The molecular formula is C34H31N9O. The average Bonchev–Trinajstić information content (AvgIpc) is 3.64. The van der Waals surface area contributed by atoms with E-state index >= 15 is 0 Å². The summed E-state index contributed by atoms with van der Waals surface area (Å²) < 4.78 is 1.99. The number of para-hydroxylation sites is 2. The zero-order valence-corrected chi connectivity index (χ0v) is 24.2. The maximum absolute atomic E-state index is 13.6. The molecule has 10 heteroatoms. The van der Waals surface area contributed by atoms with Gasteiger partial charge < -0.3 is 15.1 Å². The van der Waals surface area contributed by atoms with Gasteiger partial charge in [-0.15, -0.1) is 0 Å². The van der Waals surface area contributed by atoms with Crippen molar-refractivity contribution in [3.8, 4) is 5.82 Å². The van der Waals surface area contributed by atoms with Crippen molar-refractivity contribution in [1.82, 2.24) is 34.3 Å². The Hall–Kier alpha value is -5.35. The van der Waals surface area contributed by atoms with Gasteiger partial charge in [-0.2, -0.15) is 4.98 Å². The van der Waals surface area contributed by atoms with Gasteiger partial charge in [0.2, 0.25) is 5.95 Å². The molecule has 5 heterocycles. The maximum Gasteiger partial charge on any atom is 0.321 e. The third-order valence-electron chi connectivity index (χ3n) is 8.87. The first-order valence-corrected chi connectivity index (χ1v) is 14.9. The summed E-state index contributed by atoms with van der Waals surface area (Å²) in [6, 6.07) is 30.0. The van der Waals surface area contributed by atoms with Crippen LogP contribution in [0.25, 0.3) is 27.6 Å². The lowest BCUT2D eigenvalue weighted by atomic mass is 10.1. The van der Waals surface area contributed by atoms with E-state index in [-0.39, 0.29) is 24.3 Å². The molecule has 2 amide bonds. The van der Waals surface area contributed by atoms with Gasteiger partial charge in [0.25, 0.3) is 0 Å². The predicted molar refractivity (Wildman–Crippen MR) is 171 cm³/mol. The van der Waals surface area contributed by atoms with E-state index in [4.69, 9.17) is 15.0 Å². The second-order valence-corrected chi connectivity index (χ2v) is 11.3. The van der Waals surface area contributed by atoms with Crippen LogP contribution in [0.2, 0.25) is 0 Å². The molecule has 44 heavy (non-hydrogen) atoms. The monoisotopic (exact) mass is 581 g/mol. The minimum atomic E-state index is -0.172. The number of rotatable bonds is 4. The number of hydrogen-bond acceptors (Lipinski definition) is 7. The minimum Gasteiger partial charge on any atom is -0.322 e. The van der Waals surface area contributed by atoms with Crippen LogP contribution >= 0.6 is 0 Å². The molecule has 3 atom stereocenters. The smallest absolute Gasteiger partial charge is 0.321 e. The molecule has 0 spiro atoms. The molecule has 10 nitrogen and oxygen atoms in total. The molecule has 218 valence electrons. The molecule has 6 aromatic rings. The van der Waals surface area contributed by atoms with E-state index in [0.717, 1.165) is 39.0 Å². The van der Waals surface area contributed by atoms with Crippen molar-refractivity contribution < 1.29 is 4.79 Å². The number of nitrogens with one attached hydrogen (secondary N) is 1. The minimum absolute atomic E-state index is 0.00458. The lowest BCUT2D eigenvalue weighted by molar-refractivity contribution is 0.0932. The Balaban J connectivity index is 1.11. The Morgan fingerprint density at radius 3 is 2.59 bits per heavy atom. The van der Waals surface area contributed by atoms with Crippen LogP contribution < -0.4 is 10.2 Å². The second kappa shape index (κ2) is 10.7. The van der Waals surface area contributed by atoms with E-state index < -0.39 is 0 Å². The van der Waals surface area contributed by atoms with Crippen molar-refractivity contribution >= 4 is 39.5 Å². The topological polar surface area (TPSA) is 95.3 Å². The lowest BCUT2D eigenvalue weighted by Gasteiger charge is -2.39. The highest BCUT2D eigenvalue weighted by molar-refractivity contribution is 6.01. The fraction of sp³-hybridized carbons (Fsp3) is 0.206. The van der Waals surface area contributed by atoms with E-state index in [2.05, 4.69) is 45.2 Å². The number of piperazine rings is 1. The number of aromatic nitrogens is 5. The lowest BCUT2D eigenvalue weighted by Crippen LogP contribution is -2.55. The molecule has 0 bridgehead atoms. The number of nitrogens with zero attached hydrogens (tertiary/aromatic N) is 8. The van der Waals surface area contributed by atoms with Gasteiger partial charge >= 0.3 is 6.03 Å². The van der Waals surface area contributed by atoms with E-state index in [9.17, 15) is 4.79 Å². The molecule has 1 N–H and O–H groups in total. The van der Waals surface area contributed by atoms with Gasteiger partial charge in [-0.25, -0.2) is 14.8 Å². The number of anilines is 2. The average molecular weight is 582 g/mol. The van der Waals surface area contributed by atoms with Crippen LogP contribution in [0.15, 0.2) is 110 Å². The summed E-state index contributed by atoms with van der Waals surface area (Å²) in [5.41, 5.74) is 3.64. The zero-order valence-electron chi connectivity index (χ0n) is 24.2. The number of imidazole rings is 1. The third-order valence-corrected chi connectivity index (χ3v) is 8.87. The van der Waals surface area contributed by atoms with Gasteiger partial charge in [0, 0.05) is 49.5 Å². The van der Waals surface area contributed by atoms with Crippen LogP contribution in [0.5, 0.6) is 0 Å². The zero-order chi connectivity index (χ0) is 29.6. The molecule has 3 aromatic heterocycles. The highest BCUT2D eigenvalue weighted by Crippen LogP contribution is 2.41. The standard InChI is InChI=1S/C34H31N9O/c1-23-30-21-40(34(44)38-26-14-8-10-24-9-2-3-11-25(24)26)19-20-41(30)32(28-13-6-7-17-35-28)43(23)33-36-18-16-31(39-33)42-22-37-27-12-4-5-15-29(27)42/h2-18,22-23,30,32H,19-21H2,1H3,(H,38,44). The number of pyridine rings is 1. The third kappa shape index (κ3) is 4.42. The highest BCUT2D eigenvalue weighted by atomic mass is 16.2. The Bertz CT molecular complexity index is 1970. The summed E-state index contributed by atoms with van der Waals surface area (Å²) in [6.45, 7) is 4.05. The number of fused-ring (bicyclic) bond motifs is 3. The highest BCUT2D eigenvalue weighted by Gasteiger charge is 2.50. The Kier molecular flexibility index (Phi) is 6.41. The van der Waals surface area contributed by atoms with Crippen LogP contribution in [-0.4, -0.2) is 72.1 Å². The molecule has 2 aliphatic heterocycles. The van der Waals surface area contributed by atoms with Crippen LogP contribution in [0, 0.1) is 0 Å². The van der Waals surface area contributed by atoms with Gasteiger partial charge in [0.05, 0.1) is 22.4 Å². The molecule has 0 saturated carbocycles. The first-order chi connectivity index (χ1) is 21.7. The van der Waals surface area contributed by atoms with Gasteiger partial charge in [0.1, 0.15) is 18.3 Å². The van der Waals surface area contributed by atoms with E-state index in [1.54, 1.807) is 12.5 Å². The molecule has 3 aromatic carbocycles. The van der Waals surface area contributed by atoms with Gasteiger partial charge in [-0.1, -0.05) is 54.6 Å². The molecular weight excluding hydrogens is 550 g/mol.